The van der Waals surface area contributed by atoms with Crippen LogP contribution in [0.2, 0.25) is 0 Å². The number of hydrogen-bond acceptors (Lipinski definition) is 1. The van der Waals surface area contributed by atoms with Gasteiger partial charge in [-0.15, -0.1) is 0 Å². The first-order valence-corrected chi connectivity index (χ1v) is 6.21. The molecule has 3 fully saturated rings. The normalized spacial score (nSPS) is 45.7. The Morgan fingerprint density at radius 2 is 1.77 bits per heavy atom. The lowest BCUT2D eigenvalue weighted by atomic mass is 9.93. The van der Waals surface area contributed by atoms with E-state index in [2.05, 4.69) is 4.90 Å². The van der Waals surface area contributed by atoms with E-state index in [-0.39, 0.29) is 0 Å². The third-order valence-corrected chi connectivity index (χ3v) is 4.54. The van der Waals surface area contributed by atoms with Crippen LogP contribution in [0.5, 0.6) is 0 Å². The van der Waals surface area contributed by atoms with Gasteiger partial charge in [0.25, 0.3) is 0 Å². The molecule has 1 saturated carbocycles. The lowest BCUT2D eigenvalue weighted by molar-refractivity contribution is 0.214. The van der Waals surface area contributed by atoms with Crippen LogP contribution in [0, 0.1) is 5.92 Å². The van der Waals surface area contributed by atoms with Crippen molar-refractivity contribution < 1.29 is 0 Å². The fourth-order valence-electron chi connectivity index (χ4n) is 3.97. The molecule has 2 heterocycles. The van der Waals surface area contributed by atoms with Gasteiger partial charge in [0.15, 0.2) is 0 Å². The maximum absolute atomic E-state index is 2.86. The highest BCUT2D eigenvalue weighted by Gasteiger charge is 2.42. The zero-order valence-corrected chi connectivity index (χ0v) is 8.54. The summed E-state index contributed by atoms with van der Waals surface area (Å²) in [5, 5.41) is 0. The minimum absolute atomic E-state index is 1.01. The van der Waals surface area contributed by atoms with E-state index < -0.39 is 0 Å². The summed E-state index contributed by atoms with van der Waals surface area (Å²) < 4.78 is 0. The molecule has 1 nitrogen and oxygen atoms in total. The van der Waals surface area contributed by atoms with Gasteiger partial charge in [-0.1, -0.05) is 19.3 Å². The highest BCUT2D eigenvalue weighted by atomic mass is 15.2. The number of rotatable bonds is 0. The Kier molecular flexibility index (Phi) is 2.08. The van der Waals surface area contributed by atoms with E-state index in [1.165, 1.54) is 51.5 Å². The van der Waals surface area contributed by atoms with Crippen molar-refractivity contribution in [3.63, 3.8) is 0 Å². The SMILES string of the molecule is C1CCC2CC3CCCN3C2CC1. The molecule has 0 radical (unpaired) electrons. The van der Waals surface area contributed by atoms with Gasteiger partial charge in [0.05, 0.1) is 0 Å². The second kappa shape index (κ2) is 3.27. The van der Waals surface area contributed by atoms with Crippen LogP contribution in [0.4, 0.5) is 0 Å². The molecule has 2 saturated heterocycles. The first kappa shape index (κ1) is 8.28. The first-order chi connectivity index (χ1) is 6.45. The Labute approximate surface area is 81.5 Å². The van der Waals surface area contributed by atoms with Gasteiger partial charge in [-0.05, 0) is 44.6 Å². The van der Waals surface area contributed by atoms with E-state index in [4.69, 9.17) is 0 Å². The van der Waals surface area contributed by atoms with Crippen LogP contribution in [0.15, 0.2) is 0 Å². The fraction of sp³-hybridized carbons (Fsp3) is 1.00. The second-order valence-electron chi connectivity index (χ2n) is 5.24. The van der Waals surface area contributed by atoms with Crippen LogP contribution in [-0.4, -0.2) is 23.5 Å². The molecule has 0 spiro atoms. The van der Waals surface area contributed by atoms with Crippen LogP contribution in [0.1, 0.15) is 51.4 Å². The predicted octanol–water partition coefficient (Wildman–Crippen LogP) is 2.80. The molecular formula is C12H21N. The molecule has 0 aromatic rings. The van der Waals surface area contributed by atoms with Crippen molar-refractivity contribution in [2.75, 3.05) is 6.54 Å². The zero-order valence-electron chi connectivity index (χ0n) is 8.54. The van der Waals surface area contributed by atoms with Crippen molar-refractivity contribution in [2.24, 2.45) is 5.92 Å². The highest BCUT2D eigenvalue weighted by Crippen LogP contribution is 2.42. The summed E-state index contributed by atoms with van der Waals surface area (Å²) in [7, 11) is 0. The van der Waals surface area contributed by atoms with Crippen molar-refractivity contribution in [3.8, 4) is 0 Å². The molecule has 3 aliphatic rings. The summed E-state index contributed by atoms with van der Waals surface area (Å²) in [6.07, 6.45) is 12.1. The van der Waals surface area contributed by atoms with Crippen LogP contribution in [0.3, 0.4) is 0 Å². The lowest BCUT2D eigenvalue weighted by Gasteiger charge is -2.25. The first-order valence-electron chi connectivity index (χ1n) is 6.21. The van der Waals surface area contributed by atoms with E-state index in [0.717, 1.165) is 18.0 Å². The Balaban J connectivity index is 1.77. The third kappa shape index (κ3) is 1.32. The Bertz CT molecular complexity index is 190. The summed E-state index contributed by atoms with van der Waals surface area (Å²) in [4.78, 5) is 2.86. The van der Waals surface area contributed by atoms with E-state index in [0.29, 0.717) is 0 Å². The Morgan fingerprint density at radius 3 is 2.77 bits per heavy atom. The molecule has 1 aliphatic carbocycles. The van der Waals surface area contributed by atoms with Crippen LogP contribution in [-0.2, 0) is 0 Å². The van der Waals surface area contributed by atoms with Gasteiger partial charge in [-0.2, -0.15) is 0 Å². The minimum atomic E-state index is 1.01. The van der Waals surface area contributed by atoms with Gasteiger partial charge < -0.3 is 0 Å². The molecule has 13 heavy (non-hydrogen) atoms. The molecule has 74 valence electrons. The minimum Gasteiger partial charge on any atom is -0.297 e. The molecule has 3 unspecified atom stereocenters. The van der Waals surface area contributed by atoms with Crippen molar-refractivity contribution in [1.29, 1.82) is 0 Å². The van der Waals surface area contributed by atoms with Gasteiger partial charge in [0, 0.05) is 12.1 Å². The van der Waals surface area contributed by atoms with Crippen molar-refractivity contribution >= 4 is 0 Å². The van der Waals surface area contributed by atoms with Crippen molar-refractivity contribution in [1.82, 2.24) is 4.90 Å². The molecule has 2 aliphatic heterocycles. The lowest BCUT2D eigenvalue weighted by Crippen LogP contribution is -2.33. The molecule has 0 bridgehead atoms. The van der Waals surface area contributed by atoms with Crippen molar-refractivity contribution in [2.45, 2.75) is 63.5 Å². The summed E-state index contributed by atoms with van der Waals surface area (Å²) in [6.45, 7) is 1.42. The van der Waals surface area contributed by atoms with E-state index >= 15 is 0 Å². The molecule has 0 N–H and O–H groups in total. The Morgan fingerprint density at radius 1 is 0.846 bits per heavy atom. The number of hydrogen-bond donors (Lipinski definition) is 0. The standard InChI is InChI=1S/C12H21N/c1-2-5-10-9-11-6-4-8-13(11)12(10)7-3-1/h10-12H,1-9H2. The van der Waals surface area contributed by atoms with Gasteiger partial charge in [-0.3, -0.25) is 4.90 Å². The summed E-state index contributed by atoms with van der Waals surface area (Å²) >= 11 is 0. The van der Waals surface area contributed by atoms with Crippen LogP contribution >= 0.6 is 0 Å². The quantitative estimate of drug-likeness (QED) is 0.552. The molecule has 1 heteroatoms. The van der Waals surface area contributed by atoms with Crippen molar-refractivity contribution in [3.05, 3.63) is 0 Å². The van der Waals surface area contributed by atoms with E-state index in [1.807, 2.05) is 0 Å². The topological polar surface area (TPSA) is 3.24 Å². The monoisotopic (exact) mass is 179 g/mol. The molecule has 0 aromatic carbocycles. The third-order valence-electron chi connectivity index (χ3n) is 4.54. The van der Waals surface area contributed by atoms with Crippen LogP contribution < -0.4 is 0 Å². The molecule has 3 atom stereocenters. The second-order valence-corrected chi connectivity index (χ2v) is 5.24. The summed E-state index contributed by atoms with van der Waals surface area (Å²) in [5.41, 5.74) is 0. The van der Waals surface area contributed by atoms with E-state index in [9.17, 15) is 0 Å². The average molecular weight is 179 g/mol. The maximum atomic E-state index is 2.86. The summed E-state index contributed by atoms with van der Waals surface area (Å²) in [5.74, 6) is 1.09. The van der Waals surface area contributed by atoms with Gasteiger partial charge in [0.2, 0.25) is 0 Å². The maximum Gasteiger partial charge on any atom is 0.0127 e. The van der Waals surface area contributed by atoms with E-state index in [1.54, 1.807) is 6.42 Å². The van der Waals surface area contributed by atoms with Crippen LogP contribution in [0.25, 0.3) is 0 Å². The van der Waals surface area contributed by atoms with Gasteiger partial charge in [0.1, 0.15) is 0 Å². The van der Waals surface area contributed by atoms with Gasteiger partial charge >= 0.3 is 0 Å². The summed E-state index contributed by atoms with van der Waals surface area (Å²) in [6, 6.07) is 2.02. The highest BCUT2D eigenvalue weighted by molar-refractivity contribution is 4.97. The van der Waals surface area contributed by atoms with Gasteiger partial charge in [-0.25, -0.2) is 0 Å². The zero-order chi connectivity index (χ0) is 8.67. The Hall–Kier alpha value is -0.0400. The molecule has 3 rings (SSSR count). The molecule has 0 aromatic heterocycles. The molecular weight excluding hydrogens is 158 g/mol. The fourth-order valence-corrected chi connectivity index (χ4v) is 3.97. The number of fused-ring (bicyclic) bond motifs is 3. The smallest absolute Gasteiger partial charge is 0.0127 e. The predicted molar refractivity (Wildman–Crippen MR) is 54.7 cm³/mol. The largest absolute Gasteiger partial charge is 0.297 e. The number of nitrogens with zero attached hydrogens (tertiary/aromatic N) is 1. The average Bonchev–Trinajstić information content (AvgIpc) is 2.61. The molecule has 0 amide bonds.